The van der Waals surface area contributed by atoms with Crippen LogP contribution in [0.2, 0.25) is 0 Å². The van der Waals surface area contributed by atoms with E-state index in [0.717, 1.165) is 56.6 Å². The zero-order valence-corrected chi connectivity index (χ0v) is 22.9. The molecule has 208 valence electrons. The molecular weight excluding hydrogens is 518 g/mol. The highest BCUT2D eigenvalue weighted by Gasteiger charge is 2.33. The van der Waals surface area contributed by atoms with Gasteiger partial charge in [-0.05, 0) is 49.3 Å². The van der Waals surface area contributed by atoms with Crippen molar-refractivity contribution in [2.75, 3.05) is 0 Å². The van der Waals surface area contributed by atoms with Gasteiger partial charge in [-0.1, -0.05) is 63.9 Å². The molecular formula is C25H40N2O8P2. The molecule has 3 rings (SSSR count). The molecule has 0 aliphatic heterocycles. The number of carbonyl (C=O) groups excluding carboxylic acids is 2. The molecule has 2 aliphatic rings. The van der Waals surface area contributed by atoms with E-state index in [-0.39, 0.29) is 23.7 Å². The Kier molecular flexibility index (Phi) is 10.7. The van der Waals surface area contributed by atoms with E-state index in [4.69, 9.17) is 5.73 Å². The Morgan fingerprint density at radius 2 is 1.54 bits per heavy atom. The van der Waals surface area contributed by atoms with Crippen molar-refractivity contribution < 1.29 is 38.3 Å². The number of ketones is 1. The minimum atomic E-state index is -4.99. The molecule has 1 amide bonds. The molecule has 1 aromatic rings. The predicted octanol–water partition coefficient (Wildman–Crippen LogP) is 2.16. The minimum Gasteiger partial charge on any atom is -0.345 e. The van der Waals surface area contributed by atoms with Crippen molar-refractivity contribution in [1.82, 2.24) is 5.32 Å². The number of rotatable bonds is 10. The molecule has 37 heavy (non-hydrogen) atoms. The van der Waals surface area contributed by atoms with Crippen molar-refractivity contribution in [2.45, 2.75) is 95.6 Å². The fourth-order valence-electron chi connectivity index (χ4n) is 5.67. The summed E-state index contributed by atoms with van der Waals surface area (Å²) in [7, 11) is -9.92. The van der Waals surface area contributed by atoms with Gasteiger partial charge in [0, 0.05) is 5.92 Å². The molecule has 7 N–H and O–H groups in total. The summed E-state index contributed by atoms with van der Waals surface area (Å²) in [5.74, 6) is 0.207. The van der Waals surface area contributed by atoms with Crippen molar-refractivity contribution >= 4 is 37.5 Å². The smallest absolute Gasteiger partial charge is 0.345 e. The number of Topliss-reactive ketones (excluding diaryl/α,β-unsaturated/α-hetero) is 1. The van der Waals surface area contributed by atoms with Gasteiger partial charge in [-0.2, -0.15) is 0 Å². The van der Waals surface area contributed by atoms with Crippen LogP contribution in [0.15, 0.2) is 18.2 Å². The molecule has 0 saturated heterocycles. The van der Waals surface area contributed by atoms with Gasteiger partial charge in [0.2, 0.25) is 5.91 Å². The molecule has 3 atom stereocenters. The van der Waals surface area contributed by atoms with Crippen LogP contribution in [0.4, 0.5) is 0 Å². The Labute approximate surface area is 218 Å². The Morgan fingerprint density at radius 1 is 0.919 bits per heavy atom. The van der Waals surface area contributed by atoms with Crippen LogP contribution >= 0.6 is 15.2 Å². The topological polar surface area (TPSA) is 187 Å². The van der Waals surface area contributed by atoms with E-state index in [9.17, 15) is 38.3 Å². The normalized spacial score (nSPS) is 22.9. The Hall–Kier alpha value is -1.38. The first-order valence-electron chi connectivity index (χ1n) is 13.2. The lowest BCUT2D eigenvalue weighted by Crippen LogP contribution is -2.50. The summed E-state index contributed by atoms with van der Waals surface area (Å²) in [5.41, 5.74) is 6.30. The summed E-state index contributed by atoms with van der Waals surface area (Å²) in [6, 6.07) is 1.48. The van der Waals surface area contributed by atoms with Crippen LogP contribution in [0.3, 0.4) is 0 Å². The van der Waals surface area contributed by atoms with Gasteiger partial charge in [0.1, 0.15) is 0 Å². The first kappa shape index (κ1) is 30.2. The van der Waals surface area contributed by atoms with Crippen molar-refractivity contribution in [1.29, 1.82) is 0 Å². The van der Waals surface area contributed by atoms with E-state index in [1.54, 1.807) is 0 Å². The molecule has 0 heterocycles. The Morgan fingerprint density at radius 3 is 2.19 bits per heavy atom. The lowest BCUT2D eigenvalue weighted by atomic mass is 9.83. The number of hydrogen-bond acceptors (Lipinski definition) is 5. The second kappa shape index (κ2) is 13.1. The van der Waals surface area contributed by atoms with Crippen LogP contribution in [0.5, 0.6) is 0 Å². The molecule has 0 aromatic heterocycles. The van der Waals surface area contributed by atoms with E-state index in [0.29, 0.717) is 6.42 Å². The van der Waals surface area contributed by atoms with Crippen LogP contribution in [0.25, 0.3) is 0 Å². The zero-order valence-electron chi connectivity index (χ0n) is 21.1. The number of benzene rings is 1. The van der Waals surface area contributed by atoms with Crippen molar-refractivity contribution in [2.24, 2.45) is 17.6 Å². The summed E-state index contributed by atoms with van der Waals surface area (Å²) in [4.78, 5) is 64.0. The highest BCUT2D eigenvalue weighted by atomic mass is 31.2. The molecule has 2 saturated carbocycles. The monoisotopic (exact) mass is 558 g/mol. The predicted molar refractivity (Wildman–Crippen MR) is 141 cm³/mol. The lowest BCUT2D eigenvalue weighted by molar-refractivity contribution is -0.130. The highest BCUT2D eigenvalue weighted by Crippen LogP contribution is 2.40. The van der Waals surface area contributed by atoms with Crippen molar-refractivity contribution in [3.63, 3.8) is 0 Å². The first-order chi connectivity index (χ1) is 17.4. The van der Waals surface area contributed by atoms with Gasteiger partial charge in [-0.15, -0.1) is 0 Å². The van der Waals surface area contributed by atoms with Crippen LogP contribution in [0, 0.1) is 11.8 Å². The maximum absolute atomic E-state index is 13.2. The molecule has 0 spiro atoms. The van der Waals surface area contributed by atoms with Gasteiger partial charge in [-0.3, -0.25) is 18.7 Å². The molecule has 3 unspecified atom stereocenters. The van der Waals surface area contributed by atoms with Gasteiger partial charge in [0.15, 0.2) is 5.78 Å². The van der Waals surface area contributed by atoms with Crippen molar-refractivity contribution in [3.8, 4) is 0 Å². The van der Waals surface area contributed by atoms with E-state index in [1.165, 1.54) is 38.2 Å². The highest BCUT2D eigenvalue weighted by molar-refractivity contribution is 7.67. The fourth-order valence-corrected chi connectivity index (χ4v) is 7.79. The third-order valence-corrected chi connectivity index (χ3v) is 9.90. The third kappa shape index (κ3) is 8.82. The van der Waals surface area contributed by atoms with E-state index in [2.05, 4.69) is 5.32 Å². The maximum Gasteiger partial charge on any atom is 0.357 e. The summed E-state index contributed by atoms with van der Waals surface area (Å²) in [5, 5.41) is 1.23. The van der Waals surface area contributed by atoms with Gasteiger partial charge < -0.3 is 30.6 Å². The molecule has 0 radical (unpaired) electrons. The van der Waals surface area contributed by atoms with Crippen molar-refractivity contribution in [3.05, 3.63) is 23.8 Å². The standard InChI is InChI=1S/C25H40N2O8P2/c26-20(15-18-13-14-22(36(30,31)32)23(16-18)37(33,34)35)25(29)27-21-12-5-4-10-19(24(21)28)11-6-9-17-7-2-1-3-8-17/h13-14,16-17,19-21H,1-12,15,26H2,(H,27,29)(H2,30,31,32)(H2,33,34,35). The minimum absolute atomic E-state index is 0.0523. The average Bonchev–Trinajstić information content (AvgIpc) is 3.00. The molecule has 2 fully saturated rings. The number of carbonyl (C=O) groups is 2. The van der Waals surface area contributed by atoms with Crippen LogP contribution in [-0.4, -0.2) is 43.3 Å². The summed E-state index contributed by atoms with van der Waals surface area (Å²) in [6.07, 6.45) is 12.5. The van der Waals surface area contributed by atoms with Crippen LogP contribution < -0.4 is 21.7 Å². The van der Waals surface area contributed by atoms with E-state index in [1.807, 2.05) is 0 Å². The average molecular weight is 559 g/mol. The summed E-state index contributed by atoms with van der Waals surface area (Å²) < 4.78 is 23.4. The quantitative estimate of drug-likeness (QED) is 0.185. The Bertz CT molecular complexity index is 1050. The number of nitrogens with two attached hydrogens (primary N) is 1. The van der Waals surface area contributed by atoms with Gasteiger partial charge in [0.25, 0.3) is 0 Å². The first-order valence-corrected chi connectivity index (χ1v) is 16.4. The second-order valence-corrected chi connectivity index (χ2v) is 13.7. The summed E-state index contributed by atoms with van der Waals surface area (Å²) >= 11 is 0. The second-order valence-electron chi connectivity index (χ2n) is 10.6. The maximum atomic E-state index is 13.2. The van der Waals surface area contributed by atoms with E-state index >= 15 is 0 Å². The fraction of sp³-hybridized carbons (Fsp3) is 0.680. The number of hydrogen-bond donors (Lipinski definition) is 6. The third-order valence-electron chi connectivity index (χ3n) is 7.71. The largest absolute Gasteiger partial charge is 0.357 e. The van der Waals surface area contributed by atoms with Crippen LogP contribution in [0.1, 0.15) is 82.6 Å². The molecule has 2 aliphatic carbocycles. The number of amides is 1. The SMILES string of the molecule is NC(Cc1ccc(P(=O)(O)O)c(P(=O)(O)O)c1)C(=O)NC1CCCCC(CCCC2CCCCC2)C1=O. The number of nitrogens with one attached hydrogen (secondary N) is 1. The molecule has 12 heteroatoms. The zero-order chi connectivity index (χ0) is 27.2. The van der Waals surface area contributed by atoms with Crippen LogP contribution in [-0.2, 0) is 25.1 Å². The Balaban J connectivity index is 1.59. The summed E-state index contributed by atoms with van der Waals surface area (Å²) in [6.45, 7) is 0. The molecule has 10 nitrogen and oxygen atoms in total. The molecule has 1 aromatic carbocycles. The van der Waals surface area contributed by atoms with Gasteiger partial charge >= 0.3 is 15.2 Å². The molecule has 0 bridgehead atoms. The lowest BCUT2D eigenvalue weighted by Gasteiger charge is -2.24. The van der Waals surface area contributed by atoms with Gasteiger partial charge in [0.05, 0.1) is 22.7 Å². The van der Waals surface area contributed by atoms with Gasteiger partial charge in [-0.25, -0.2) is 0 Å². The van der Waals surface area contributed by atoms with E-state index < -0.39 is 43.8 Å².